The van der Waals surface area contributed by atoms with Crippen LogP contribution in [0.15, 0.2) is 0 Å². The summed E-state index contributed by atoms with van der Waals surface area (Å²) in [5.41, 5.74) is 0. The summed E-state index contributed by atoms with van der Waals surface area (Å²) in [6, 6.07) is 0. The summed E-state index contributed by atoms with van der Waals surface area (Å²) in [5.74, 6) is 0. The second-order valence-corrected chi connectivity index (χ2v) is 4.90. The summed E-state index contributed by atoms with van der Waals surface area (Å²) in [6.45, 7) is 2.53. The molecule has 1 aliphatic rings. The van der Waals surface area contributed by atoms with Crippen LogP contribution in [-0.2, 0) is 0 Å². The molecule has 0 aromatic rings. The van der Waals surface area contributed by atoms with Gasteiger partial charge in [0.1, 0.15) is 0 Å². The number of likely N-dealkylation sites (tertiary alicyclic amines) is 1. The normalized spacial score (nSPS) is 18.7. The van der Waals surface area contributed by atoms with E-state index < -0.39 is 18.2 Å². The van der Waals surface area contributed by atoms with Crippen LogP contribution >= 0.6 is 18.1 Å². The molecule has 0 amide bonds. The van der Waals surface area contributed by atoms with Gasteiger partial charge in [0.2, 0.25) is 0 Å². The molecule has 0 aliphatic carbocycles. The molecule has 57 valence electrons. The molecule has 0 bridgehead atoms. The van der Waals surface area contributed by atoms with Crippen LogP contribution in [0.3, 0.4) is 0 Å². The van der Waals surface area contributed by atoms with Gasteiger partial charge in [0, 0.05) is 0 Å². The highest BCUT2D eigenvalue weighted by Gasteiger charge is 2.02. The van der Waals surface area contributed by atoms with Crippen LogP contribution < -0.4 is 0 Å². The predicted octanol–water partition coefficient (Wildman–Crippen LogP) is 1.91. The molecule has 1 heterocycles. The van der Waals surface area contributed by atoms with Gasteiger partial charge in [0.15, 0.2) is 0 Å². The van der Waals surface area contributed by atoms with Gasteiger partial charge in [0.25, 0.3) is 0 Å². The van der Waals surface area contributed by atoms with Gasteiger partial charge >= 0.3 is 18.2 Å². The molecule has 1 fully saturated rings. The highest BCUT2D eigenvalue weighted by Crippen LogP contribution is 2.03. The average Bonchev–Trinajstić information content (AvgIpc) is 1.91. The van der Waals surface area contributed by atoms with Gasteiger partial charge in [-0.1, -0.05) is 0 Å². The molecule has 4 heteroatoms. The Hall–Kier alpha value is 1.31. The van der Waals surface area contributed by atoms with Crippen LogP contribution in [0.25, 0.3) is 0 Å². The number of hydrogen-bond acceptors (Lipinski definition) is 1. The number of halogens is 2. The minimum Gasteiger partial charge on any atom is -0.309 e. The van der Waals surface area contributed by atoms with E-state index in [4.69, 9.17) is 18.1 Å². The minimum atomic E-state index is -0.639. The number of hydrogen-bond donors (Lipinski definition) is 0. The Balaban J connectivity index is 0.000000236. The maximum atomic E-state index is 4.90. The van der Waals surface area contributed by atoms with E-state index in [0.29, 0.717) is 0 Å². The summed E-state index contributed by atoms with van der Waals surface area (Å²) >= 11 is -0.639. The van der Waals surface area contributed by atoms with Crippen LogP contribution in [0.5, 0.6) is 0 Å². The van der Waals surface area contributed by atoms with Crippen molar-refractivity contribution in [1.29, 1.82) is 0 Å². The van der Waals surface area contributed by atoms with Gasteiger partial charge in [0.05, 0.1) is 0 Å². The fourth-order valence-corrected chi connectivity index (χ4v) is 0.879. The zero-order valence-electron chi connectivity index (χ0n) is 6.32. The predicted molar refractivity (Wildman–Crippen MR) is 48.5 cm³/mol. The smallest absolute Gasteiger partial charge is 0.309 e. The van der Waals surface area contributed by atoms with E-state index >= 15 is 0 Å². The molecule has 1 rings (SSSR count). The third-order valence-corrected chi connectivity index (χ3v) is 1.43. The molecule has 1 aliphatic heterocycles. The average molecular weight is 193 g/mol. The fraction of sp³-hybridized carbons (Fsp3) is 0.833. The highest BCUT2D eigenvalue weighted by molar-refractivity contribution is 7.22. The first-order chi connectivity index (χ1) is 4.81. The van der Waals surface area contributed by atoms with Crippen molar-refractivity contribution in [3.8, 4) is 0 Å². The first kappa shape index (κ1) is 11.3. The zero-order chi connectivity index (χ0) is 7.82. The van der Waals surface area contributed by atoms with Crippen LogP contribution in [0.2, 0.25) is 0 Å². The summed E-state index contributed by atoms with van der Waals surface area (Å²) < 4.78 is 0. The maximum Gasteiger partial charge on any atom is 0.618 e. The van der Waals surface area contributed by atoms with E-state index in [0.717, 1.165) is 0 Å². The Kier molecular flexibility index (Phi) is 9.50. The molecule has 0 spiro atoms. The van der Waals surface area contributed by atoms with Gasteiger partial charge in [-0.15, -0.1) is 0 Å². The van der Waals surface area contributed by atoms with Crippen molar-refractivity contribution in [2.75, 3.05) is 20.1 Å². The van der Waals surface area contributed by atoms with E-state index in [1.54, 1.807) is 0 Å². The molecule has 10 heavy (non-hydrogen) atoms. The van der Waals surface area contributed by atoms with Crippen molar-refractivity contribution in [2.24, 2.45) is 0 Å². The van der Waals surface area contributed by atoms with Gasteiger partial charge in [-0.3, -0.25) is 0 Å². The van der Waals surface area contributed by atoms with Crippen LogP contribution in [0.4, 0.5) is 0 Å². The lowest BCUT2D eigenvalue weighted by Crippen LogP contribution is -2.25. The molecule has 0 aromatic heterocycles. The largest absolute Gasteiger partial charge is 0.618 e. The molecule has 0 atom stereocenters. The maximum absolute atomic E-state index is 4.90. The Morgan fingerprint density at radius 2 is 1.70 bits per heavy atom. The Morgan fingerprint density at radius 3 is 1.90 bits per heavy atom. The number of nitrogens with zero attached hydrogens (tertiary/aromatic N) is 1. The molecule has 0 aromatic carbocycles. The van der Waals surface area contributed by atoms with Crippen LogP contribution in [-0.4, -0.2) is 43.2 Å². The Bertz CT molecular complexity index is 66.8. The minimum absolute atomic E-state index is 0.639. The van der Waals surface area contributed by atoms with E-state index in [-0.39, 0.29) is 0 Å². The van der Waals surface area contributed by atoms with Gasteiger partial charge in [-0.25, -0.2) is 0 Å². The third-order valence-electron chi connectivity index (χ3n) is 1.43. The first-order valence-electron chi connectivity index (χ1n) is 3.43. The summed E-state index contributed by atoms with van der Waals surface area (Å²) in [5, 5.41) is 0. The second kappa shape index (κ2) is 8.40. The summed E-state index contributed by atoms with van der Waals surface area (Å²) in [7, 11) is 12.0. The lowest BCUT2D eigenvalue weighted by Gasteiger charge is -2.20. The molecule has 0 N–H and O–H groups in total. The number of rotatable bonds is 0. The second-order valence-electron chi connectivity index (χ2n) is 2.27. The molecule has 1 saturated heterocycles. The van der Waals surface area contributed by atoms with E-state index in [1.165, 1.54) is 25.9 Å². The lowest BCUT2D eigenvalue weighted by molar-refractivity contribution is 0.310. The first-order valence-corrected chi connectivity index (χ1v) is 7.71. The Labute approximate surface area is 80.3 Å². The Morgan fingerprint density at radius 1 is 1.30 bits per heavy atom. The summed E-state index contributed by atoms with van der Waals surface area (Å²) in [6.07, 6.45) is 4.94. The van der Waals surface area contributed by atoms with Crippen molar-refractivity contribution in [3.05, 3.63) is 6.42 Å². The quantitative estimate of drug-likeness (QED) is 0.531. The standard InChI is InChI=1S/C6H12N.2ClH.Mg/c1-7-5-3-2-4-6-7;;;/h2H,3-6H2,1H3;2*1H;/q;;;+2/p-2. The monoisotopic (exact) mass is 192 g/mol. The molecule has 0 saturated carbocycles. The molecule has 1 nitrogen and oxygen atoms in total. The fourth-order valence-electron chi connectivity index (χ4n) is 0.879. The van der Waals surface area contributed by atoms with Crippen molar-refractivity contribution in [1.82, 2.24) is 4.90 Å². The van der Waals surface area contributed by atoms with Crippen molar-refractivity contribution >= 4 is 36.3 Å². The zero-order valence-corrected chi connectivity index (χ0v) is 9.24. The molecule has 0 unspecified atom stereocenters. The highest BCUT2D eigenvalue weighted by atomic mass is 35.6. The lowest BCUT2D eigenvalue weighted by atomic mass is 10.1. The molecular weight excluding hydrogens is 181 g/mol. The summed E-state index contributed by atoms with van der Waals surface area (Å²) in [4.78, 5) is 2.36. The van der Waals surface area contributed by atoms with Crippen LogP contribution in [0.1, 0.15) is 12.8 Å². The molecule has 1 radical (unpaired) electrons. The third kappa shape index (κ3) is 7.41. The SMILES string of the molecule is CN1CC[CH]CC1.[Cl][Mg][Cl]. The van der Waals surface area contributed by atoms with Crippen molar-refractivity contribution in [2.45, 2.75) is 12.8 Å². The van der Waals surface area contributed by atoms with E-state index in [2.05, 4.69) is 18.4 Å². The molecular formula is C6H12Cl2MgN. The van der Waals surface area contributed by atoms with Gasteiger partial charge in [-0.05, 0) is 39.4 Å². The topological polar surface area (TPSA) is 3.24 Å². The van der Waals surface area contributed by atoms with Crippen molar-refractivity contribution in [3.63, 3.8) is 0 Å². The van der Waals surface area contributed by atoms with Crippen LogP contribution in [0, 0.1) is 6.42 Å². The van der Waals surface area contributed by atoms with E-state index in [9.17, 15) is 0 Å². The number of piperidine rings is 1. The van der Waals surface area contributed by atoms with Gasteiger partial charge < -0.3 is 23.0 Å². The van der Waals surface area contributed by atoms with Gasteiger partial charge in [-0.2, -0.15) is 0 Å². The van der Waals surface area contributed by atoms with Crippen molar-refractivity contribution < 1.29 is 0 Å². The van der Waals surface area contributed by atoms with E-state index in [1.807, 2.05) is 0 Å².